The highest BCUT2D eigenvalue weighted by molar-refractivity contribution is 4.76. The minimum atomic E-state index is -4.05. The molecule has 0 aromatic carbocycles. The first kappa shape index (κ1) is 14.8. The Morgan fingerprint density at radius 1 is 1.29 bits per heavy atom. The molecular weight excluding hydrogens is 229 g/mol. The quantitative estimate of drug-likeness (QED) is 0.782. The van der Waals surface area contributed by atoms with Crippen LogP contribution in [0.4, 0.5) is 13.2 Å². The summed E-state index contributed by atoms with van der Waals surface area (Å²) in [5.41, 5.74) is 0. The highest BCUT2D eigenvalue weighted by Crippen LogP contribution is 2.20. The number of nitrogens with zero attached hydrogens (tertiary/aromatic N) is 1. The molecular formula is C12H23F3N2. The molecule has 0 radical (unpaired) electrons. The number of hydrogen-bond donors (Lipinski definition) is 1. The molecule has 0 aromatic rings. The Bertz CT molecular complexity index is 212. The number of likely N-dealkylation sites (N-methyl/N-ethyl adjacent to an activating group) is 1. The normalized spacial score (nSPS) is 20.1. The summed E-state index contributed by atoms with van der Waals surface area (Å²) in [7, 11) is 1.76. The van der Waals surface area contributed by atoms with E-state index in [1.54, 1.807) is 11.9 Å². The van der Waals surface area contributed by atoms with Gasteiger partial charge in [0.25, 0.3) is 0 Å². The molecule has 0 saturated heterocycles. The molecule has 0 spiro atoms. The molecule has 0 aromatic heterocycles. The minimum absolute atomic E-state index is 0.0804. The van der Waals surface area contributed by atoms with Crippen molar-refractivity contribution in [2.75, 3.05) is 20.1 Å². The predicted molar refractivity (Wildman–Crippen MR) is 63.0 cm³/mol. The first-order valence-electron chi connectivity index (χ1n) is 6.39. The second-order valence-electron chi connectivity index (χ2n) is 5.08. The summed E-state index contributed by atoms with van der Waals surface area (Å²) in [6.07, 6.45) is 0.189. The van der Waals surface area contributed by atoms with Crippen LogP contribution in [0.15, 0.2) is 0 Å². The standard InChI is InChI=1S/C12H23F3N2/c1-10(9-16-11-5-3-4-6-11)17(2)8-7-12(13,14)15/h10-11,16H,3-9H2,1-2H3. The van der Waals surface area contributed by atoms with E-state index in [1.165, 1.54) is 25.7 Å². The zero-order valence-corrected chi connectivity index (χ0v) is 10.7. The van der Waals surface area contributed by atoms with Crippen molar-refractivity contribution in [3.63, 3.8) is 0 Å². The first-order valence-corrected chi connectivity index (χ1v) is 6.39. The largest absolute Gasteiger partial charge is 0.390 e. The topological polar surface area (TPSA) is 15.3 Å². The van der Waals surface area contributed by atoms with Crippen LogP contribution in [0.5, 0.6) is 0 Å². The van der Waals surface area contributed by atoms with Gasteiger partial charge in [-0.2, -0.15) is 13.2 Å². The SMILES string of the molecule is CC(CNC1CCCC1)N(C)CCC(F)(F)F. The molecule has 0 amide bonds. The maximum Gasteiger partial charge on any atom is 0.390 e. The Morgan fingerprint density at radius 2 is 1.88 bits per heavy atom. The van der Waals surface area contributed by atoms with Crippen LogP contribution >= 0.6 is 0 Å². The van der Waals surface area contributed by atoms with Crippen LogP contribution in [-0.4, -0.2) is 43.3 Å². The molecule has 17 heavy (non-hydrogen) atoms. The van der Waals surface area contributed by atoms with Gasteiger partial charge in [0.15, 0.2) is 0 Å². The maximum absolute atomic E-state index is 12.1. The number of nitrogens with one attached hydrogen (secondary N) is 1. The number of alkyl halides is 3. The molecule has 0 bridgehead atoms. The fourth-order valence-corrected chi connectivity index (χ4v) is 2.15. The van der Waals surface area contributed by atoms with E-state index in [2.05, 4.69) is 5.32 Å². The lowest BCUT2D eigenvalue weighted by Gasteiger charge is -2.26. The van der Waals surface area contributed by atoms with E-state index in [-0.39, 0.29) is 12.6 Å². The van der Waals surface area contributed by atoms with Gasteiger partial charge in [-0.1, -0.05) is 12.8 Å². The van der Waals surface area contributed by atoms with Crippen molar-refractivity contribution in [1.29, 1.82) is 0 Å². The summed E-state index contributed by atoms with van der Waals surface area (Å²) in [6, 6.07) is 0.728. The van der Waals surface area contributed by atoms with Crippen molar-refractivity contribution in [2.45, 2.75) is 57.3 Å². The third-order valence-electron chi connectivity index (χ3n) is 3.56. The van der Waals surface area contributed by atoms with E-state index < -0.39 is 12.6 Å². The van der Waals surface area contributed by atoms with Gasteiger partial charge in [-0.15, -0.1) is 0 Å². The van der Waals surface area contributed by atoms with Gasteiger partial charge in [0.1, 0.15) is 0 Å². The second kappa shape index (κ2) is 6.59. The van der Waals surface area contributed by atoms with Gasteiger partial charge in [0.2, 0.25) is 0 Å². The molecule has 1 atom stereocenters. The lowest BCUT2D eigenvalue weighted by atomic mass is 10.2. The van der Waals surface area contributed by atoms with Crippen LogP contribution < -0.4 is 5.32 Å². The molecule has 0 aliphatic heterocycles. The van der Waals surface area contributed by atoms with Crippen LogP contribution in [0.1, 0.15) is 39.0 Å². The average molecular weight is 252 g/mol. The maximum atomic E-state index is 12.1. The summed E-state index contributed by atoms with van der Waals surface area (Å²) in [5.74, 6) is 0. The summed E-state index contributed by atoms with van der Waals surface area (Å²) in [5, 5.41) is 3.44. The van der Waals surface area contributed by atoms with Gasteiger partial charge in [-0.3, -0.25) is 0 Å². The Labute approximate surface area is 102 Å². The third kappa shape index (κ3) is 6.27. The second-order valence-corrected chi connectivity index (χ2v) is 5.08. The van der Waals surface area contributed by atoms with Crippen LogP contribution in [0.2, 0.25) is 0 Å². The van der Waals surface area contributed by atoms with Gasteiger partial charge in [-0.25, -0.2) is 0 Å². The molecule has 2 nitrogen and oxygen atoms in total. The van der Waals surface area contributed by atoms with Gasteiger partial charge < -0.3 is 10.2 Å². The molecule has 1 fully saturated rings. The fraction of sp³-hybridized carbons (Fsp3) is 1.00. The molecule has 1 aliphatic rings. The summed E-state index contributed by atoms with van der Waals surface area (Å²) in [4.78, 5) is 1.77. The van der Waals surface area contributed by atoms with E-state index in [1.807, 2.05) is 6.92 Å². The Balaban J connectivity index is 2.14. The molecule has 1 N–H and O–H groups in total. The van der Waals surface area contributed by atoms with Crippen molar-refractivity contribution in [3.8, 4) is 0 Å². The molecule has 0 heterocycles. The fourth-order valence-electron chi connectivity index (χ4n) is 2.15. The molecule has 1 aliphatic carbocycles. The smallest absolute Gasteiger partial charge is 0.312 e. The Kier molecular flexibility index (Phi) is 5.73. The highest BCUT2D eigenvalue weighted by Gasteiger charge is 2.28. The lowest BCUT2D eigenvalue weighted by Crippen LogP contribution is -2.42. The molecule has 1 saturated carbocycles. The number of hydrogen-bond acceptors (Lipinski definition) is 2. The average Bonchev–Trinajstić information content (AvgIpc) is 2.74. The van der Waals surface area contributed by atoms with Crippen molar-refractivity contribution in [2.24, 2.45) is 0 Å². The van der Waals surface area contributed by atoms with Crippen LogP contribution in [-0.2, 0) is 0 Å². The summed E-state index contributed by atoms with van der Waals surface area (Å²) in [6.45, 7) is 2.83. The third-order valence-corrected chi connectivity index (χ3v) is 3.56. The van der Waals surface area contributed by atoms with Crippen molar-refractivity contribution < 1.29 is 13.2 Å². The van der Waals surface area contributed by atoms with Crippen molar-refractivity contribution in [3.05, 3.63) is 0 Å². The first-order chi connectivity index (χ1) is 7.88. The van der Waals surface area contributed by atoms with Gasteiger partial charge in [-0.05, 0) is 26.8 Å². The number of halogens is 3. The van der Waals surface area contributed by atoms with E-state index in [0.717, 1.165) is 6.54 Å². The summed E-state index contributed by atoms with van der Waals surface area (Å²) >= 11 is 0. The summed E-state index contributed by atoms with van der Waals surface area (Å²) < 4.78 is 36.2. The predicted octanol–water partition coefficient (Wildman–Crippen LogP) is 2.79. The van der Waals surface area contributed by atoms with E-state index in [4.69, 9.17) is 0 Å². The van der Waals surface area contributed by atoms with Crippen LogP contribution in [0.3, 0.4) is 0 Å². The van der Waals surface area contributed by atoms with Crippen LogP contribution in [0.25, 0.3) is 0 Å². The van der Waals surface area contributed by atoms with Crippen molar-refractivity contribution in [1.82, 2.24) is 10.2 Å². The van der Waals surface area contributed by atoms with Gasteiger partial charge in [0, 0.05) is 25.2 Å². The Hall–Kier alpha value is -0.290. The van der Waals surface area contributed by atoms with Gasteiger partial charge >= 0.3 is 6.18 Å². The van der Waals surface area contributed by atoms with Crippen molar-refractivity contribution >= 4 is 0 Å². The zero-order valence-electron chi connectivity index (χ0n) is 10.7. The zero-order chi connectivity index (χ0) is 12.9. The molecule has 1 rings (SSSR count). The highest BCUT2D eigenvalue weighted by atomic mass is 19.4. The van der Waals surface area contributed by atoms with E-state index in [0.29, 0.717) is 6.04 Å². The number of rotatable bonds is 6. The van der Waals surface area contributed by atoms with E-state index in [9.17, 15) is 13.2 Å². The molecule has 5 heteroatoms. The van der Waals surface area contributed by atoms with E-state index >= 15 is 0 Å². The van der Waals surface area contributed by atoms with Gasteiger partial charge in [0.05, 0.1) is 6.42 Å². The van der Waals surface area contributed by atoms with Crippen LogP contribution in [0, 0.1) is 0 Å². The molecule has 102 valence electrons. The lowest BCUT2D eigenvalue weighted by molar-refractivity contribution is -0.138. The monoisotopic (exact) mass is 252 g/mol. The minimum Gasteiger partial charge on any atom is -0.312 e. The Morgan fingerprint density at radius 3 is 2.41 bits per heavy atom. The molecule has 1 unspecified atom stereocenters.